The maximum atomic E-state index is 10.4. The first-order valence-corrected chi connectivity index (χ1v) is 6.85. The van der Waals surface area contributed by atoms with Crippen LogP contribution in [-0.4, -0.2) is 10.2 Å². The summed E-state index contributed by atoms with van der Waals surface area (Å²) in [6.07, 6.45) is 1.99. The topological polar surface area (TPSA) is 56.0 Å². The summed E-state index contributed by atoms with van der Waals surface area (Å²) < 4.78 is 0. The molecule has 3 nitrogen and oxygen atoms in total. The number of nitrogens with zero attached hydrogens (tertiary/aromatic N) is 1. The molecule has 0 aliphatic heterocycles. The van der Waals surface area contributed by atoms with E-state index in [-0.39, 0.29) is 5.24 Å². The first kappa shape index (κ1) is 15.0. The number of carbonyl (C=O) groups excluding carboxylic acids is 1. The summed E-state index contributed by atoms with van der Waals surface area (Å²) in [5.41, 5.74) is 8.22. The third-order valence-corrected chi connectivity index (χ3v) is 2.93. The number of aromatic nitrogens is 1. The highest BCUT2D eigenvalue weighted by atomic mass is 35.5. The SMILES string of the molecule is Nc1cnc2ccccc2c1.O=C(Cl)Cc1ccccc1. The Balaban J connectivity index is 0.000000155. The van der Waals surface area contributed by atoms with Gasteiger partial charge in [-0.2, -0.15) is 0 Å². The number of rotatable bonds is 2. The number of fused-ring (bicyclic) bond motifs is 1. The quantitative estimate of drug-likeness (QED) is 0.732. The van der Waals surface area contributed by atoms with Gasteiger partial charge in [0.2, 0.25) is 5.24 Å². The largest absolute Gasteiger partial charge is 0.397 e. The average molecular weight is 299 g/mol. The summed E-state index contributed by atoms with van der Waals surface area (Å²) in [7, 11) is 0. The Morgan fingerprint density at radius 3 is 2.43 bits per heavy atom. The zero-order valence-corrected chi connectivity index (χ0v) is 12.1. The standard InChI is InChI=1S/C9H8N2.C8H7ClO/c10-8-5-7-3-1-2-4-9(7)11-6-8;9-8(10)6-7-4-2-1-3-5-7/h1-6H,10H2;1-5H,6H2. The van der Waals surface area contributed by atoms with Gasteiger partial charge in [0.1, 0.15) is 0 Å². The van der Waals surface area contributed by atoms with Crippen LogP contribution in [0.3, 0.4) is 0 Å². The van der Waals surface area contributed by atoms with Crippen molar-refractivity contribution in [2.75, 3.05) is 5.73 Å². The predicted octanol–water partition coefficient (Wildman–Crippen LogP) is 3.81. The van der Waals surface area contributed by atoms with Gasteiger partial charge in [0.25, 0.3) is 0 Å². The molecular weight excluding hydrogens is 284 g/mol. The Labute approximate surface area is 128 Å². The fourth-order valence-corrected chi connectivity index (χ4v) is 2.00. The van der Waals surface area contributed by atoms with Gasteiger partial charge in [0.15, 0.2) is 0 Å². The smallest absolute Gasteiger partial charge is 0.226 e. The van der Waals surface area contributed by atoms with Crippen LogP contribution < -0.4 is 5.73 Å². The summed E-state index contributed by atoms with van der Waals surface area (Å²) in [5, 5.41) is 0.777. The van der Waals surface area contributed by atoms with E-state index in [4.69, 9.17) is 17.3 Å². The van der Waals surface area contributed by atoms with Gasteiger partial charge in [-0.05, 0) is 29.3 Å². The van der Waals surface area contributed by atoms with Crippen LogP contribution in [0.25, 0.3) is 10.9 Å². The Bertz CT molecular complexity index is 729. The fourth-order valence-electron chi connectivity index (χ4n) is 1.84. The molecule has 0 amide bonds. The number of pyridine rings is 1. The molecule has 1 heterocycles. The number of benzene rings is 2. The van der Waals surface area contributed by atoms with E-state index >= 15 is 0 Å². The van der Waals surface area contributed by atoms with E-state index < -0.39 is 0 Å². The Kier molecular flexibility index (Phi) is 5.29. The number of anilines is 1. The first-order chi connectivity index (χ1) is 10.1. The number of hydrogen-bond acceptors (Lipinski definition) is 3. The first-order valence-electron chi connectivity index (χ1n) is 6.47. The number of nitrogen functional groups attached to an aromatic ring is 1. The van der Waals surface area contributed by atoms with E-state index in [1.807, 2.05) is 60.7 Å². The van der Waals surface area contributed by atoms with Crippen LogP contribution in [0.5, 0.6) is 0 Å². The summed E-state index contributed by atoms with van der Waals surface area (Å²) in [4.78, 5) is 14.5. The van der Waals surface area contributed by atoms with Gasteiger partial charge in [-0.1, -0.05) is 48.5 Å². The predicted molar refractivity (Wildman–Crippen MR) is 87.2 cm³/mol. The molecule has 0 saturated heterocycles. The molecule has 0 saturated carbocycles. The van der Waals surface area contributed by atoms with Crippen LogP contribution in [0, 0.1) is 0 Å². The highest BCUT2D eigenvalue weighted by Crippen LogP contribution is 2.12. The average Bonchev–Trinajstić information content (AvgIpc) is 2.48. The zero-order chi connectivity index (χ0) is 15.1. The minimum Gasteiger partial charge on any atom is -0.397 e. The van der Waals surface area contributed by atoms with Crippen molar-refractivity contribution in [3.05, 3.63) is 72.4 Å². The van der Waals surface area contributed by atoms with Crippen LogP contribution >= 0.6 is 11.6 Å². The maximum Gasteiger partial charge on any atom is 0.226 e. The van der Waals surface area contributed by atoms with Crippen molar-refractivity contribution in [1.29, 1.82) is 0 Å². The maximum absolute atomic E-state index is 10.4. The number of nitrogens with two attached hydrogens (primary N) is 1. The summed E-state index contributed by atoms with van der Waals surface area (Å²) in [6, 6.07) is 19.2. The summed E-state index contributed by atoms with van der Waals surface area (Å²) in [5.74, 6) is 0. The van der Waals surface area contributed by atoms with Crippen LogP contribution in [0.1, 0.15) is 5.56 Å². The normalized spacial score (nSPS) is 9.76. The lowest BCUT2D eigenvalue weighted by atomic mass is 10.2. The molecule has 0 spiro atoms. The van der Waals surface area contributed by atoms with Gasteiger partial charge in [0, 0.05) is 11.8 Å². The molecule has 2 aromatic carbocycles. The highest BCUT2D eigenvalue weighted by Gasteiger charge is 1.96. The van der Waals surface area contributed by atoms with Crippen molar-refractivity contribution >= 4 is 33.4 Å². The molecule has 0 atom stereocenters. The number of hydrogen-bond donors (Lipinski definition) is 1. The number of carbonyl (C=O) groups is 1. The van der Waals surface area contributed by atoms with Crippen molar-refractivity contribution in [2.45, 2.75) is 6.42 Å². The second-order valence-electron chi connectivity index (χ2n) is 4.48. The second kappa shape index (κ2) is 7.41. The van der Waals surface area contributed by atoms with Crippen LogP contribution in [0.15, 0.2) is 66.9 Å². The molecule has 0 unspecified atom stereocenters. The van der Waals surface area contributed by atoms with Crippen LogP contribution in [0.2, 0.25) is 0 Å². The lowest BCUT2D eigenvalue weighted by Gasteiger charge is -1.95. The molecule has 0 aliphatic carbocycles. The van der Waals surface area contributed by atoms with Crippen molar-refractivity contribution in [3.8, 4) is 0 Å². The van der Waals surface area contributed by atoms with E-state index in [9.17, 15) is 4.79 Å². The van der Waals surface area contributed by atoms with Gasteiger partial charge in [0.05, 0.1) is 17.4 Å². The minimum atomic E-state index is -0.314. The molecule has 2 N–H and O–H groups in total. The Hall–Kier alpha value is -2.39. The molecule has 4 heteroatoms. The summed E-state index contributed by atoms with van der Waals surface area (Å²) in [6.45, 7) is 0. The van der Waals surface area contributed by atoms with E-state index in [0.29, 0.717) is 12.1 Å². The summed E-state index contributed by atoms with van der Waals surface area (Å²) >= 11 is 5.17. The second-order valence-corrected chi connectivity index (χ2v) is 4.90. The van der Waals surface area contributed by atoms with Gasteiger partial charge >= 0.3 is 0 Å². The van der Waals surface area contributed by atoms with Gasteiger partial charge in [-0.15, -0.1) is 0 Å². The zero-order valence-electron chi connectivity index (χ0n) is 11.4. The van der Waals surface area contributed by atoms with Gasteiger partial charge in [-0.25, -0.2) is 0 Å². The molecule has 0 aliphatic rings. The Morgan fingerprint density at radius 2 is 1.71 bits per heavy atom. The van der Waals surface area contributed by atoms with E-state index in [0.717, 1.165) is 16.5 Å². The van der Waals surface area contributed by atoms with Crippen LogP contribution in [-0.2, 0) is 11.2 Å². The molecule has 106 valence electrons. The lowest BCUT2D eigenvalue weighted by Crippen LogP contribution is -1.91. The van der Waals surface area contributed by atoms with E-state index in [1.54, 1.807) is 6.20 Å². The van der Waals surface area contributed by atoms with Gasteiger partial charge in [-0.3, -0.25) is 9.78 Å². The highest BCUT2D eigenvalue weighted by molar-refractivity contribution is 6.63. The molecule has 21 heavy (non-hydrogen) atoms. The fraction of sp³-hybridized carbons (Fsp3) is 0.0588. The Morgan fingerprint density at radius 1 is 1.05 bits per heavy atom. The molecule has 0 bridgehead atoms. The van der Waals surface area contributed by atoms with Crippen molar-refractivity contribution in [2.24, 2.45) is 0 Å². The third-order valence-electron chi connectivity index (χ3n) is 2.80. The van der Waals surface area contributed by atoms with Crippen molar-refractivity contribution in [1.82, 2.24) is 4.98 Å². The number of para-hydroxylation sites is 1. The van der Waals surface area contributed by atoms with E-state index in [2.05, 4.69) is 4.98 Å². The van der Waals surface area contributed by atoms with Crippen LogP contribution in [0.4, 0.5) is 5.69 Å². The molecule has 3 aromatic rings. The van der Waals surface area contributed by atoms with E-state index in [1.165, 1.54) is 0 Å². The monoisotopic (exact) mass is 298 g/mol. The molecular formula is C17H15ClN2O. The molecule has 1 aromatic heterocycles. The molecule has 0 fully saturated rings. The van der Waals surface area contributed by atoms with Gasteiger partial charge < -0.3 is 5.73 Å². The molecule has 0 radical (unpaired) electrons. The van der Waals surface area contributed by atoms with Crippen molar-refractivity contribution in [3.63, 3.8) is 0 Å². The number of halogens is 1. The lowest BCUT2D eigenvalue weighted by molar-refractivity contribution is -0.111. The van der Waals surface area contributed by atoms with Crippen molar-refractivity contribution < 1.29 is 4.79 Å². The minimum absolute atomic E-state index is 0.314. The molecule has 3 rings (SSSR count). The third kappa shape index (κ3) is 4.89.